The molecule has 19 heavy (non-hydrogen) atoms. The largest absolute Gasteiger partial charge is 0.390 e. The van der Waals surface area contributed by atoms with Crippen LogP contribution in [0, 0.1) is 6.92 Å². The number of aliphatic hydroxyl groups excluding tert-OH is 1. The standard InChI is InChI=1S/C13H12N4O2/c1-8-2-4-9(5-3-8)12(19)13-15-14-11-6-10(7-18)16-17(11)13/h2-6,16,18H,7H2,1H3. The predicted octanol–water partition coefficient (Wildman–Crippen LogP) is 1.09. The van der Waals surface area contributed by atoms with Crippen LogP contribution in [0.3, 0.4) is 0 Å². The van der Waals surface area contributed by atoms with Gasteiger partial charge in [-0.2, -0.15) is 0 Å². The summed E-state index contributed by atoms with van der Waals surface area (Å²) < 4.78 is 1.48. The SMILES string of the molecule is Cc1ccc(C(=O)c2nnc3cc(CO)[nH]n23)cc1. The Morgan fingerprint density at radius 3 is 2.74 bits per heavy atom. The van der Waals surface area contributed by atoms with Crippen LogP contribution in [0.1, 0.15) is 27.4 Å². The van der Waals surface area contributed by atoms with Gasteiger partial charge in [-0.3, -0.25) is 9.89 Å². The molecular weight excluding hydrogens is 244 g/mol. The number of nitrogens with zero attached hydrogens (tertiary/aromatic N) is 3. The smallest absolute Gasteiger partial charge is 0.232 e. The molecule has 3 rings (SSSR count). The maximum Gasteiger partial charge on any atom is 0.232 e. The number of rotatable bonds is 3. The van der Waals surface area contributed by atoms with Gasteiger partial charge in [0.2, 0.25) is 11.6 Å². The Hall–Kier alpha value is -2.47. The lowest BCUT2D eigenvalue weighted by Gasteiger charge is -1.99. The molecule has 0 aliphatic heterocycles. The Bertz CT molecular complexity index is 740. The van der Waals surface area contributed by atoms with Gasteiger partial charge in [0.05, 0.1) is 12.3 Å². The molecule has 0 atom stereocenters. The third kappa shape index (κ3) is 1.92. The van der Waals surface area contributed by atoms with Crippen LogP contribution in [-0.4, -0.2) is 30.7 Å². The molecule has 0 amide bonds. The highest BCUT2D eigenvalue weighted by Crippen LogP contribution is 2.12. The number of hydrogen-bond donors (Lipinski definition) is 2. The van der Waals surface area contributed by atoms with E-state index in [4.69, 9.17) is 5.11 Å². The molecule has 0 aliphatic rings. The minimum absolute atomic E-state index is 0.137. The molecule has 0 radical (unpaired) electrons. The number of aryl methyl sites for hydroxylation is 1. The maximum atomic E-state index is 12.3. The Balaban J connectivity index is 2.05. The highest BCUT2D eigenvalue weighted by atomic mass is 16.3. The van der Waals surface area contributed by atoms with E-state index in [1.807, 2.05) is 19.1 Å². The first-order valence-corrected chi connectivity index (χ1v) is 5.84. The number of aromatic nitrogens is 4. The van der Waals surface area contributed by atoms with Crippen molar-refractivity contribution in [3.8, 4) is 0 Å². The summed E-state index contributed by atoms with van der Waals surface area (Å²) in [6.45, 7) is 1.82. The van der Waals surface area contributed by atoms with Gasteiger partial charge in [-0.15, -0.1) is 10.2 Å². The van der Waals surface area contributed by atoms with Crippen LogP contribution in [-0.2, 0) is 6.61 Å². The second kappa shape index (κ2) is 4.33. The van der Waals surface area contributed by atoms with Gasteiger partial charge in [0.15, 0.2) is 5.65 Å². The van der Waals surface area contributed by atoms with E-state index in [9.17, 15) is 4.79 Å². The Morgan fingerprint density at radius 1 is 1.32 bits per heavy atom. The average molecular weight is 256 g/mol. The molecule has 0 unspecified atom stereocenters. The summed E-state index contributed by atoms with van der Waals surface area (Å²) in [6, 6.07) is 8.92. The van der Waals surface area contributed by atoms with Crippen molar-refractivity contribution in [2.75, 3.05) is 0 Å². The molecule has 2 heterocycles. The van der Waals surface area contributed by atoms with Crippen LogP contribution in [0.15, 0.2) is 30.3 Å². The Labute approximate surface area is 108 Å². The first-order chi connectivity index (χ1) is 9.19. The average Bonchev–Trinajstić information content (AvgIpc) is 2.98. The van der Waals surface area contributed by atoms with E-state index in [-0.39, 0.29) is 18.2 Å². The van der Waals surface area contributed by atoms with Gasteiger partial charge in [-0.1, -0.05) is 29.8 Å². The van der Waals surface area contributed by atoms with E-state index < -0.39 is 0 Å². The van der Waals surface area contributed by atoms with E-state index in [0.29, 0.717) is 16.9 Å². The molecule has 0 spiro atoms. The van der Waals surface area contributed by atoms with Crippen molar-refractivity contribution in [1.29, 1.82) is 0 Å². The first-order valence-electron chi connectivity index (χ1n) is 5.84. The second-order valence-corrected chi connectivity index (χ2v) is 4.35. The van der Waals surface area contributed by atoms with Crippen molar-refractivity contribution in [2.45, 2.75) is 13.5 Å². The molecule has 0 aliphatic carbocycles. The van der Waals surface area contributed by atoms with Gasteiger partial charge in [0, 0.05) is 11.6 Å². The zero-order chi connectivity index (χ0) is 13.4. The monoisotopic (exact) mass is 256 g/mol. The minimum Gasteiger partial charge on any atom is -0.390 e. The summed E-state index contributed by atoms with van der Waals surface area (Å²) in [6.07, 6.45) is 0. The van der Waals surface area contributed by atoms with E-state index in [1.165, 1.54) is 4.52 Å². The molecule has 0 saturated heterocycles. The van der Waals surface area contributed by atoms with E-state index >= 15 is 0 Å². The van der Waals surface area contributed by atoms with Crippen LogP contribution in [0.2, 0.25) is 0 Å². The zero-order valence-corrected chi connectivity index (χ0v) is 10.3. The molecule has 3 aromatic rings. The van der Waals surface area contributed by atoms with Crippen molar-refractivity contribution in [3.05, 3.63) is 53.0 Å². The number of nitrogens with one attached hydrogen (secondary N) is 1. The van der Waals surface area contributed by atoms with Gasteiger partial charge < -0.3 is 5.11 Å². The maximum absolute atomic E-state index is 12.3. The lowest BCUT2D eigenvalue weighted by Crippen LogP contribution is -2.08. The molecule has 0 bridgehead atoms. The lowest BCUT2D eigenvalue weighted by molar-refractivity contribution is 0.102. The molecule has 0 saturated carbocycles. The molecular formula is C13H12N4O2. The van der Waals surface area contributed by atoms with Crippen molar-refractivity contribution in [2.24, 2.45) is 0 Å². The number of fused-ring (bicyclic) bond motifs is 1. The molecule has 0 fully saturated rings. The lowest BCUT2D eigenvalue weighted by atomic mass is 10.1. The van der Waals surface area contributed by atoms with Crippen molar-refractivity contribution in [1.82, 2.24) is 19.8 Å². The molecule has 6 heteroatoms. The summed E-state index contributed by atoms with van der Waals surface area (Å²) >= 11 is 0. The summed E-state index contributed by atoms with van der Waals surface area (Å²) in [5.74, 6) is -0.00241. The molecule has 2 aromatic heterocycles. The number of H-pyrrole nitrogens is 1. The van der Waals surface area contributed by atoms with Gasteiger partial charge in [-0.05, 0) is 6.92 Å². The summed E-state index contributed by atoms with van der Waals surface area (Å²) in [7, 11) is 0. The highest BCUT2D eigenvalue weighted by molar-refractivity contribution is 6.06. The summed E-state index contributed by atoms with van der Waals surface area (Å²) in [5.41, 5.74) is 2.74. The molecule has 1 aromatic carbocycles. The van der Waals surface area contributed by atoms with Crippen LogP contribution >= 0.6 is 0 Å². The van der Waals surface area contributed by atoms with Crippen LogP contribution < -0.4 is 0 Å². The van der Waals surface area contributed by atoms with Crippen LogP contribution in [0.4, 0.5) is 0 Å². The van der Waals surface area contributed by atoms with Crippen molar-refractivity contribution >= 4 is 11.4 Å². The number of benzene rings is 1. The first kappa shape index (κ1) is 11.6. The third-order valence-corrected chi connectivity index (χ3v) is 2.93. The summed E-state index contributed by atoms with van der Waals surface area (Å²) in [5, 5.41) is 19.7. The fraction of sp³-hybridized carbons (Fsp3) is 0.154. The molecule has 96 valence electrons. The van der Waals surface area contributed by atoms with Crippen LogP contribution in [0.25, 0.3) is 5.65 Å². The van der Waals surface area contributed by atoms with Crippen LogP contribution in [0.5, 0.6) is 0 Å². The Morgan fingerprint density at radius 2 is 2.05 bits per heavy atom. The predicted molar refractivity (Wildman–Crippen MR) is 67.9 cm³/mol. The zero-order valence-electron chi connectivity index (χ0n) is 10.3. The molecule has 2 N–H and O–H groups in total. The fourth-order valence-corrected chi connectivity index (χ4v) is 1.89. The van der Waals surface area contributed by atoms with Gasteiger partial charge in [0.1, 0.15) is 0 Å². The number of carbonyl (C=O) groups excluding carboxylic acids is 1. The normalized spacial score (nSPS) is 11.1. The second-order valence-electron chi connectivity index (χ2n) is 4.35. The van der Waals surface area contributed by atoms with E-state index in [1.54, 1.807) is 18.2 Å². The number of aliphatic hydroxyl groups is 1. The summed E-state index contributed by atoms with van der Waals surface area (Å²) in [4.78, 5) is 12.3. The quantitative estimate of drug-likeness (QED) is 0.687. The number of hydrogen-bond acceptors (Lipinski definition) is 4. The number of ketones is 1. The number of aromatic amines is 1. The highest BCUT2D eigenvalue weighted by Gasteiger charge is 2.17. The third-order valence-electron chi connectivity index (χ3n) is 2.93. The topological polar surface area (TPSA) is 83.3 Å². The van der Waals surface area contributed by atoms with Gasteiger partial charge >= 0.3 is 0 Å². The van der Waals surface area contributed by atoms with Crippen molar-refractivity contribution < 1.29 is 9.90 Å². The van der Waals surface area contributed by atoms with E-state index in [2.05, 4.69) is 15.3 Å². The van der Waals surface area contributed by atoms with Crippen molar-refractivity contribution in [3.63, 3.8) is 0 Å². The molecule has 6 nitrogen and oxygen atoms in total. The minimum atomic E-state index is -0.209. The Kier molecular flexibility index (Phi) is 2.64. The fourth-order valence-electron chi connectivity index (χ4n) is 1.89. The number of carbonyl (C=O) groups is 1. The van der Waals surface area contributed by atoms with E-state index in [0.717, 1.165) is 5.56 Å². The van der Waals surface area contributed by atoms with Gasteiger partial charge in [0.25, 0.3) is 0 Å². The van der Waals surface area contributed by atoms with Gasteiger partial charge in [-0.25, -0.2) is 4.52 Å².